The molecular weight excluding hydrogens is 297 g/mol. The number of amides is 2. The Morgan fingerprint density at radius 2 is 1.86 bits per heavy atom. The van der Waals surface area contributed by atoms with E-state index in [-0.39, 0.29) is 5.92 Å². The van der Waals surface area contributed by atoms with Gasteiger partial charge < -0.3 is 10.6 Å². The van der Waals surface area contributed by atoms with Gasteiger partial charge in [0.1, 0.15) is 12.6 Å². The largest absolute Gasteiger partial charge is 0.405 e. The second-order valence-electron chi connectivity index (χ2n) is 5.40. The minimum absolute atomic E-state index is 0.345. The number of carbonyl (C=O) groups is 2. The highest BCUT2D eigenvalue weighted by Crippen LogP contribution is 2.13. The van der Waals surface area contributed by atoms with Crippen LogP contribution >= 0.6 is 0 Å². The van der Waals surface area contributed by atoms with Crippen LogP contribution in [0.15, 0.2) is 24.3 Å². The molecule has 0 spiro atoms. The molecule has 1 rings (SSSR count). The molecule has 2 N–H and O–H groups in total. The summed E-state index contributed by atoms with van der Waals surface area (Å²) in [5, 5.41) is 4.27. The van der Waals surface area contributed by atoms with Crippen molar-refractivity contribution in [2.24, 2.45) is 5.92 Å². The van der Waals surface area contributed by atoms with Crippen molar-refractivity contribution >= 4 is 11.8 Å². The van der Waals surface area contributed by atoms with Gasteiger partial charge in [0.2, 0.25) is 5.91 Å². The Morgan fingerprint density at radius 3 is 2.36 bits per heavy atom. The molecule has 2 amide bonds. The van der Waals surface area contributed by atoms with Crippen molar-refractivity contribution in [1.82, 2.24) is 10.6 Å². The summed E-state index contributed by atoms with van der Waals surface area (Å²) in [4.78, 5) is 23.9. The SMILES string of the molecule is Cc1cccc(C(=O)NC(C(=O)NCC(F)(F)F)C(C)C)c1. The third-order valence-corrected chi connectivity index (χ3v) is 2.98. The topological polar surface area (TPSA) is 58.2 Å². The van der Waals surface area contributed by atoms with Gasteiger partial charge in [0.25, 0.3) is 5.91 Å². The number of benzene rings is 1. The molecule has 0 aliphatic heterocycles. The molecule has 0 bridgehead atoms. The second-order valence-corrected chi connectivity index (χ2v) is 5.40. The minimum Gasteiger partial charge on any atom is -0.345 e. The number of carbonyl (C=O) groups excluding carboxylic acids is 2. The van der Waals surface area contributed by atoms with Crippen molar-refractivity contribution in [1.29, 1.82) is 0 Å². The van der Waals surface area contributed by atoms with Gasteiger partial charge in [-0.15, -0.1) is 0 Å². The third-order valence-electron chi connectivity index (χ3n) is 2.98. The van der Waals surface area contributed by atoms with Crippen molar-refractivity contribution in [3.05, 3.63) is 35.4 Å². The van der Waals surface area contributed by atoms with E-state index in [2.05, 4.69) is 5.32 Å². The van der Waals surface area contributed by atoms with E-state index in [1.807, 2.05) is 13.0 Å². The highest BCUT2D eigenvalue weighted by Gasteiger charge is 2.31. The predicted molar refractivity (Wildman–Crippen MR) is 76.3 cm³/mol. The summed E-state index contributed by atoms with van der Waals surface area (Å²) in [6.45, 7) is 3.69. The Bertz CT molecular complexity index is 542. The molecule has 1 unspecified atom stereocenters. The maximum absolute atomic E-state index is 12.2. The summed E-state index contributed by atoms with van der Waals surface area (Å²) in [7, 11) is 0. The molecule has 0 heterocycles. The number of nitrogens with one attached hydrogen (secondary N) is 2. The first-order chi connectivity index (χ1) is 10.1. The van der Waals surface area contributed by atoms with Crippen LogP contribution in [0.3, 0.4) is 0 Å². The summed E-state index contributed by atoms with van der Waals surface area (Å²) in [6, 6.07) is 5.69. The lowest BCUT2D eigenvalue weighted by molar-refractivity contribution is -0.140. The number of alkyl halides is 3. The molecule has 4 nitrogen and oxygen atoms in total. The molecule has 0 fully saturated rings. The summed E-state index contributed by atoms with van der Waals surface area (Å²) in [6.07, 6.45) is -4.49. The minimum atomic E-state index is -4.49. The van der Waals surface area contributed by atoms with Gasteiger partial charge in [0.15, 0.2) is 0 Å². The lowest BCUT2D eigenvalue weighted by Gasteiger charge is -2.22. The molecule has 1 aromatic carbocycles. The summed E-state index contributed by atoms with van der Waals surface area (Å²) in [5.41, 5.74) is 1.23. The quantitative estimate of drug-likeness (QED) is 0.876. The molecule has 22 heavy (non-hydrogen) atoms. The maximum atomic E-state index is 12.2. The number of aryl methyl sites for hydroxylation is 1. The van der Waals surface area contributed by atoms with Gasteiger partial charge in [0, 0.05) is 5.56 Å². The Labute approximate surface area is 127 Å². The summed E-state index contributed by atoms with van der Waals surface area (Å²) < 4.78 is 36.5. The fourth-order valence-corrected chi connectivity index (χ4v) is 1.84. The summed E-state index contributed by atoms with van der Waals surface area (Å²) in [5.74, 6) is -1.69. The number of rotatable bonds is 5. The van der Waals surface area contributed by atoms with Crippen LogP contribution in [0.4, 0.5) is 13.2 Å². The molecule has 0 saturated heterocycles. The van der Waals surface area contributed by atoms with Gasteiger partial charge in [0.05, 0.1) is 0 Å². The molecular formula is C15H19F3N2O2. The predicted octanol–water partition coefficient (Wildman–Crippen LogP) is 2.43. The van der Waals surface area contributed by atoms with Crippen molar-refractivity contribution in [2.75, 3.05) is 6.54 Å². The van der Waals surface area contributed by atoms with E-state index in [0.29, 0.717) is 5.56 Å². The van der Waals surface area contributed by atoms with Crippen molar-refractivity contribution in [3.8, 4) is 0 Å². The summed E-state index contributed by atoms with van der Waals surface area (Å²) >= 11 is 0. The number of hydrogen-bond donors (Lipinski definition) is 2. The Morgan fingerprint density at radius 1 is 1.23 bits per heavy atom. The molecule has 0 aliphatic carbocycles. The van der Waals surface area contributed by atoms with E-state index < -0.39 is 30.6 Å². The molecule has 0 radical (unpaired) electrons. The van der Waals surface area contributed by atoms with Crippen LogP contribution in [-0.2, 0) is 4.79 Å². The van der Waals surface area contributed by atoms with Crippen LogP contribution in [0, 0.1) is 12.8 Å². The molecule has 122 valence electrons. The van der Waals surface area contributed by atoms with Crippen molar-refractivity contribution in [2.45, 2.75) is 33.0 Å². The first kappa shape index (κ1) is 18.0. The second kappa shape index (κ2) is 7.29. The lowest BCUT2D eigenvalue weighted by Crippen LogP contribution is -2.51. The Balaban J connectivity index is 2.75. The molecule has 7 heteroatoms. The zero-order valence-corrected chi connectivity index (χ0v) is 12.6. The van der Waals surface area contributed by atoms with Crippen LogP contribution in [0.2, 0.25) is 0 Å². The van der Waals surface area contributed by atoms with Gasteiger partial charge in [-0.1, -0.05) is 31.5 Å². The Kier molecular flexibility index (Phi) is 5.96. The third kappa shape index (κ3) is 5.75. The maximum Gasteiger partial charge on any atom is 0.405 e. The first-order valence-corrected chi connectivity index (χ1v) is 6.82. The van der Waals surface area contributed by atoms with Gasteiger partial charge in [-0.3, -0.25) is 9.59 Å². The molecule has 0 aliphatic rings. The molecule has 1 aromatic rings. The molecule has 0 saturated carbocycles. The van der Waals surface area contributed by atoms with Gasteiger partial charge in [-0.25, -0.2) is 0 Å². The van der Waals surface area contributed by atoms with Crippen molar-refractivity contribution in [3.63, 3.8) is 0 Å². The highest BCUT2D eigenvalue weighted by molar-refractivity contribution is 5.97. The van der Waals surface area contributed by atoms with Crippen LogP contribution in [-0.4, -0.2) is 30.6 Å². The van der Waals surface area contributed by atoms with Crippen LogP contribution in [0.25, 0.3) is 0 Å². The lowest BCUT2D eigenvalue weighted by atomic mass is 10.0. The van der Waals surface area contributed by atoms with Crippen LogP contribution < -0.4 is 10.6 Å². The van der Waals surface area contributed by atoms with E-state index in [9.17, 15) is 22.8 Å². The normalized spacial score (nSPS) is 12.9. The zero-order valence-electron chi connectivity index (χ0n) is 12.6. The fourth-order valence-electron chi connectivity index (χ4n) is 1.84. The average Bonchev–Trinajstić information content (AvgIpc) is 2.40. The van der Waals surface area contributed by atoms with Crippen molar-refractivity contribution < 1.29 is 22.8 Å². The number of hydrogen-bond acceptors (Lipinski definition) is 2. The van der Waals surface area contributed by atoms with E-state index in [1.165, 1.54) is 0 Å². The standard InChI is InChI=1S/C15H19F3N2O2/c1-9(2)12(14(22)19-8-15(16,17)18)20-13(21)11-6-4-5-10(3)7-11/h4-7,9,12H,8H2,1-3H3,(H,19,22)(H,20,21). The van der Waals surface area contributed by atoms with Crippen LogP contribution in [0.1, 0.15) is 29.8 Å². The molecule has 0 aromatic heterocycles. The zero-order chi connectivity index (χ0) is 16.9. The monoisotopic (exact) mass is 316 g/mol. The van der Waals surface area contributed by atoms with E-state index in [1.54, 1.807) is 37.4 Å². The van der Waals surface area contributed by atoms with E-state index in [4.69, 9.17) is 0 Å². The highest BCUT2D eigenvalue weighted by atomic mass is 19.4. The van der Waals surface area contributed by atoms with E-state index >= 15 is 0 Å². The average molecular weight is 316 g/mol. The first-order valence-electron chi connectivity index (χ1n) is 6.82. The van der Waals surface area contributed by atoms with Crippen LogP contribution in [0.5, 0.6) is 0 Å². The number of halogens is 3. The fraction of sp³-hybridized carbons (Fsp3) is 0.467. The van der Waals surface area contributed by atoms with Gasteiger partial charge in [-0.2, -0.15) is 13.2 Å². The van der Waals surface area contributed by atoms with E-state index in [0.717, 1.165) is 5.56 Å². The van der Waals surface area contributed by atoms with Gasteiger partial charge >= 0.3 is 6.18 Å². The van der Waals surface area contributed by atoms with Gasteiger partial charge in [-0.05, 0) is 25.0 Å². The smallest absolute Gasteiger partial charge is 0.345 e. The Hall–Kier alpha value is -2.05. The molecule has 1 atom stereocenters.